The number of para-hydroxylation sites is 1. The van der Waals surface area contributed by atoms with Crippen molar-refractivity contribution in [1.29, 1.82) is 0 Å². The molecule has 2 nitrogen and oxygen atoms in total. The number of hydrogen-bond acceptors (Lipinski definition) is 3. The van der Waals surface area contributed by atoms with E-state index in [4.69, 9.17) is 4.74 Å². The van der Waals surface area contributed by atoms with E-state index in [0.29, 0.717) is 0 Å². The van der Waals surface area contributed by atoms with Gasteiger partial charge in [0.2, 0.25) is 0 Å². The highest BCUT2D eigenvalue weighted by Gasteiger charge is 2.57. The average molecular weight is 516 g/mol. The van der Waals surface area contributed by atoms with E-state index >= 15 is 0 Å². The van der Waals surface area contributed by atoms with Gasteiger partial charge in [-0.1, -0.05) is 51.1 Å². The molecule has 3 aromatic carbocycles. The highest BCUT2D eigenvalue weighted by Crippen LogP contribution is 2.61. The maximum absolute atomic E-state index is 6.62. The average Bonchev–Trinajstić information content (AvgIpc) is 3.25. The molecule has 4 fully saturated rings. The fourth-order valence-electron chi connectivity index (χ4n) is 9.41. The summed E-state index contributed by atoms with van der Waals surface area (Å²) < 4.78 is 9.57. The summed E-state index contributed by atoms with van der Waals surface area (Å²) in [6.07, 6.45) is 8.43. The summed E-state index contributed by atoms with van der Waals surface area (Å²) in [5, 5.41) is 1.47. The third kappa shape index (κ3) is 2.85. The van der Waals surface area contributed by atoms with Crippen LogP contribution in [0, 0.1) is 17.8 Å². The smallest absolute Gasteiger partial charge is 0.268 e. The monoisotopic (exact) mass is 515 g/mol. The first-order valence-corrected chi connectivity index (χ1v) is 15.5. The zero-order chi connectivity index (χ0) is 25.4. The molecule has 0 saturated heterocycles. The van der Waals surface area contributed by atoms with Gasteiger partial charge in [-0.05, 0) is 109 Å². The molecule has 4 saturated carbocycles. The number of ether oxygens (including phenoxy) is 1. The van der Waals surface area contributed by atoms with Crippen molar-refractivity contribution in [3.63, 3.8) is 0 Å². The van der Waals surface area contributed by atoms with Gasteiger partial charge < -0.3 is 9.64 Å². The Kier molecular flexibility index (Phi) is 4.23. The van der Waals surface area contributed by atoms with Crippen LogP contribution >= 0.6 is 11.3 Å². The number of rotatable bonds is 1. The molecule has 4 aromatic rings. The van der Waals surface area contributed by atoms with E-state index in [0.717, 1.165) is 29.3 Å². The Labute approximate surface area is 230 Å². The molecule has 2 aliphatic heterocycles. The molecule has 4 bridgehead atoms. The molecule has 10 rings (SSSR count). The van der Waals surface area contributed by atoms with Crippen LogP contribution in [0.3, 0.4) is 0 Å². The second-order valence-electron chi connectivity index (χ2n) is 14.0. The maximum atomic E-state index is 6.62. The molecule has 0 radical (unpaired) electrons. The molecule has 3 heterocycles. The SMILES string of the molecule is CC(C)(C)c1ccc2sc3c(c2c1)N(C12CC4CC(CC(C4)C1)C2)c1cccc2c1B3c1ccccc1O2. The van der Waals surface area contributed by atoms with Crippen LogP contribution in [0.4, 0.5) is 11.4 Å². The molecule has 38 heavy (non-hydrogen) atoms. The predicted octanol–water partition coefficient (Wildman–Crippen LogP) is 7.24. The van der Waals surface area contributed by atoms with Gasteiger partial charge in [0.25, 0.3) is 6.71 Å². The molecular formula is C34H34BNOS. The van der Waals surface area contributed by atoms with Crippen molar-refractivity contribution in [2.24, 2.45) is 17.8 Å². The summed E-state index contributed by atoms with van der Waals surface area (Å²) in [6.45, 7) is 7.28. The Bertz CT molecular complexity index is 1610. The van der Waals surface area contributed by atoms with E-state index in [-0.39, 0.29) is 17.7 Å². The zero-order valence-corrected chi connectivity index (χ0v) is 23.4. The lowest BCUT2D eigenvalue weighted by molar-refractivity contribution is 0.000735. The number of thiophene rings is 1. The second kappa shape index (κ2) is 7.27. The van der Waals surface area contributed by atoms with Gasteiger partial charge in [0.05, 0.1) is 5.69 Å². The molecule has 190 valence electrons. The number of nitrogens with zero attached hydrogens (tertiary/aromatic N) is 1. The van der Waals surface area contributed by atoms with Gasteiger partial charge in [0.1, 0.15) is 11.5 Å². The van der Waals surface area contributed by atoms with Crippen LogP contribution in [0.5, 0.6) is 11.5 Å². The Balaban J connectivity index is 1.37. The van der Waals surface area contributed by atoms with E-state index < -0.39 is 0 Å². The Morgan fingerprint density at radius 1 is 0.868 bits per heavy atom. The second-order valence-corrected chi connectivity index (χ2v) is 15.1. The van der Waals surface area contributed by atoms with Crippen molar-refractivity contribution in [2.75, 3.05) is 4.90 Å². The number of hydrogen-bond donors (Lipinski definition) is 0. The molecule has 0 unspecified atom stereocenters. The van der Waals surface area contributed by atoms with Crippen LogP contribution in [-0.2, 0) is 5.41 Å². The summed E-state index contributed by atoms with van der Waals surface area (Å²) in [5.74, 6) is 4.76. The molecule has 0 atom stereocenters. The zero-order valence-electron chi connectivity index (χ0n) is 22.6. The first-order chi connectivity index (χ1) is 18.4. The van der Waals surface area contributed by atoms with E-state index in [1.165, 1.54) is 81.3 Å². The van der Waals surface area contributed by atoms with Gasteiger partial charge in [-0.3, -0.25) is 0 Å². The minimum Gasteiger partial charge on any atom is -0.458 e. The summed E-state index contributed by atoms with van der Waals surface area (Å²) in [5.41, 5.74) is 7.44. The minimum atomic E-state index is 0.125. The highest BCUT2D eigenvalue weighted by molar-refractivity contribution is 7.33. The largest absolute Gasteiger partial charge is 0.458 e. The molecule has 1 aromatic heterocycles. The lowest BCUT2D eigenvalue weighted by Gasteiger charge is -2.62. The molecule has 4 heteroatoms. The Morgan fingerprint density at radius 3 is 2.32 bits per heavy atom. The van der Waals surface area contributed by atoms with E-state index in [2.05, 4.69) is 86.3 Å². The van der Waals surface area contributed by atoms with E-state index in [9.17, 15) is 0 Å². The fraction of sp³-hybridized carbons (Fsp3) is 0.412. The topological polar surface area (TPSA) is 12.5 Å². The molecule has 4 aliphatic carbocycles. The summed E-state index contributed by atoms with van der Waals surface area (Å²) >= 11 is 2.03. The molecule has 0 N–H and O–H groups in total. The number of anilines is 2. The normalized spacial score (nSPS) is 28.2. The standard InChI is InChI=1S/C34H34BNOS/c1-33(2,3)23-11-12-29-24(16-23)31-32(38-29)35-25-7-4-5-9-27(25)37-28-10-6-8-26(30(28)35)36(31)34-17-20-13-21(18-34)15-22(14-20)19-34/h4-12,16,20-22H,13-15,17-19H2,1-3H3. The van der Waals surface area contributed by atoms with Crippen molar-refractivity contribution in [2.45, 2.75) is 70.3 Å². The van der Waals surface area contributed by atoms with Gasteiger partial charge in [-0.25, -0.2) is 0 Å². The van der Waals surface area contributed by atoms with Gasteiger partial charge in [0, 0.05) is 26.1 Å². The van der Waals surface area contributed by atoms with Crippen molar-refractivity contribution in [1.82, 2.24) is 0 Å². The highest BCUT2D eigenvalue weighted by atomic mass is 32.1. The van der Waals surface area contributed by atoms with Crippen molar-refractivity contribution < 1.29 is 4.74 Å². The molecule has 0 amide bonds. The summed E-state index contributed by atoms with van der Waals surface area (Å²) in [7, 11) is 0. The number of benzene rings is 3. The van der Waals surface area contributed by atoms with Crippen LogP contribution in [0.2, 0.25) is 0 Å². The van der Waals surface area contributed by atoms with Crippen LogP contribution in [0.1, 0.15) is 64.9 Å². The third-order valence-corrected chi connectivity index (χ3v) is 11.8. The molecule has 6 aliphatic rings. The van der Waals surface area contributed by atoms with E-state index in [1.54, 1.807) is 0 Å². The van der Waals surface area contributed by atoms with Crippen LogP contribution in [0.25, 0.3) is 10.1 Å². The van der Waals surface area contributed by atoms with Gasteiger partial charge >= 0.3 is 0 Å². The van der Waals surface area contributed by atoms with Crippen molar-refractivity contribution in [3.8, 4) is 11.5 Å². The lowest BCUT2D eigenvalue weighted by Crippen LogP contribution is -2.65. The van der Waals surface area contributed by atoms with Crippen molar-refractivity contribution in [3.05, 3.63) is 66.2 Å². The van der Waals surface area contributed by atoms with Gasteiger partial charge in [0.15, 0.2) is 0 Å². The van der Waals surface area contributed by atoms with Crippen molar-refractivity contribution >= 4 is 55.2 Å². The molecule has 0 spiro atoms. The summed E-state index contributed by atoms with van der Waals surface area (Å²) in [4.78, 5) is 2.91. The van der Waals surface area contributed by atoms with Crippen LogP contribution in [-0.4, -0.2) is 12.3 Å². The van der Waals surface area contributed by atoms with Crippen LogP contribution < -0.4 is 25.3 Å². The summed E-state index contributed by atoms with van der Waals surface area (Å²) in [6, 6.07) is 22.9. The third-order valence-electron chi connectivity index (χ3n) is 10.5. The molecular weight excluding hydrogens is 481 g/mol. The van der Waals surface area contributed by atoms with Gasteiger partial charge in [-0.15, -0.1) is 11.3 Å². The van der Waals surface area contributed by atoms with Crippen LogP contribution in [0.15, 0.2) is 60.7 Å². The lowest BCUT2D eigenvalue weighted by atomic mass is 9.36. The van der Waals surface area contributed by atoms with Gasteiger partial charge in [-0.2, -0.15) is 0 Å². The predicted molar refractivity (Wildman–Crippen MR) is 161 cm³/mol. The Morgan fingerprint density at radius 2 is 1.58 bits per heavy atom. The minimum absolute atomic E-state index is 0.125. The first-order valence-electron chi connectivity index (χ1n) is 14.6. The Hall–Kier alpha value is -2.72. The number of fused-ring (bicyclic) bond motifs is 6. The van der Waals surface area contributed by atoms with E-state index in [1.807, 2.05) is 11.3 Å². The maximum Gasteiger partial charge on any atom is 0.268 e. The fourth-order valence-corrected chi connectivity index (χ4v) is 10.7. The first kappa shape index (κ1) is 22.1. The quantitative estimate of drug-likeness (QED) is 0.218.